The van der Waals surface area contributed by atoms with Crippen LogP contribution in [0.5, 0.6) is 0 Å². The zero-order valence-electron chi connectivity index (χ0n) is 6.21. The summed E-state index contributed by atoms with van der Waals surface area (Å²) >= 11 is 0. The first-order chi connectivity index (χ1) is 5.60. The van der Waals surface area contributed by atoms with Gasteiger partial charge in [0.2, 0.25) is 12.3 Å². The van der Waals surface area contributed by atoms with E-state index in [4.69, 9.17) is 0 Å². The Hall–Kier alpha value is -0.530. The highest BCUT2D eigenvalue weighted by atomic mass is 19.4. The molecule has 0 saturated heterocycles. The first-order valence-corrected chi connectivity index (χ1v) is 2.91. The molecule has 0 aromatic rings. The SMILES string of the molecule is COC(F)C(C(F)(F)F)C(F)(F)F. The second kappa shape index (κ2) is 3.69. The van der Waals surface area contributed by atoms with E-state index < -0.39 is 24.6 Å². The van der Waals surface area contributed by atoms with Crippen LogP contribution in [0.3, 0.4) is 0 Å². The van der Waals surface area contributed by atoms with E-state index in [0.717, 1.165) is 0 Å². The summed E-state index contributed by atoms with van der Waals surface area (Å²) in [5.74, 6) is -4.09. The van der Waals surface area contributed by atoms with Crippen molar-refractivity contribution in [2.45, 2.75) is 18.7 Å². The Labute approximate surface area is 68.5 Å². The van der Waals surface area contributed by atoms with E-state index in [9.17, 15) is 30.7 Å². The normalized spacial score (nSPS) is 16.4. The Morgan fingerprint density at radius 1 is 0.923 bits per heavy atom. The Kier molecular flexibility index (Phi) is 3.54. The Morgan fingerprint density at radius 2 is 1.23 bits per heavy atom. The van der Waals surface area contributed by atoms with Crippen LogP contribution in [0.1, 0.15) is 0 Å². The molecule has 1 unspecified atom stereocenters. The van der Waals surface area contributed by atoms with Crippen LogP contribution in [0, 0.1) is 5.92 Å². The molecule has 1 atom stereocenters. The summed E-state index contributed by atoms with van der Waals surface area (Å²) in [6, 6.07) is 0. The molecule has 0 aliphatic carbocycles. The topological polar surface area (TPSA) is 9.23 Å². The number of alkyl halides is 7. The molecule has 1 nitrogen and oxygen atoms in total. The largest absolute Gasteiger partial charge is 0.405 e. The van der Waals surface area contributed by atoms with Crippen molar-refractivity contribution < 1.29 is 35.5 Å². The van der Waals surface area contributed by atoms with Crippen LogP contribution in [-0.4, -0.2) is 25.8 Å². The number of ether oxygens (including phenoxy) is 1. The molecule has 0 radical (unpaired) electrons. The van der Waals surface area contributed by atoms with Crippen LogP contribution in [0.4, 0.5) is 30.7 Å². The maximum absolute atomic E-state index is 12.1. The van der Waals surface area contributed by atoms with Crippen molar-refractivity contribution in [2.24, 2.45) is 5.92 Å². The van der Waals surface area contributed by atoms with Crippen molar-refractivity contribution in [3.05, 3.63) is 0 Å². The molecule has 80 valence electrons. The average molecular weight is 214 g/mol. The lowest BCUT2D eigenvalue weighted by Gasteiger charge is -2.24. The highest BCUT2D eigenvalue weighted by Gasteiger charge is 2.61. The van der Waals surface area contributed by atoms with Crippen molar-refractivity contribution in [3.8, 4) is 0 Å². The first kappa shape index (κ1) is 12.5. The number of hydrogen-bond donors (Lipinski definition) is 0. The lowest BCUT2D eigenvalue weighted by atomic mass is 10.1. The van der Waals surface area contributed by atoms with Crippen molar-refractivity contribution >= 4 is 0 Å². The maximum Gasteiger partial charge on any atom is 0.405 e. The van der Waals surface area contributed by atoms with Gasteiger partial charge in [0.1, 0.15) is 0 Å². The van der Waals surface area contributed by atoms with Crippen molar-refractivity contribution in [2.75, 3.05) is 7.11 Å². The third-order valence-electron chi connectivity index (χ3n) is 1.19. The standard InChI is InChI=1S/C5H5F7O/c1-13-3(6)2(4(7,8)9)5(10,11)12/h2-3H,1H3. The average Bonchev–Trinajstić information content (AvgIpc) is 1.80. The van der Waals surface area contributed by atoms with Gasteiger partial charge >= 0.3 is 12.4 Å². The fourth-order valence-corrected chi connectivity index (χ4v) is 0.619. The van der Waals surface area contributed by atoms with E-state index >= 15 is 0 Å². The van der Waals surface area contributed by atoms with Crippen molar-refractivity contribution in [3.63, 3.8) is 0 Å². The van der Waals surface area contributed by atoms with E-state index in [0.29, 0.717) is 7.11 Å². The van der Waals surface area contributed by atoms with E-state index in [1.165, 1.54) is 0 Å². The summed E-state index contributed by atoms with van der Waals surface area (Å²) in [4.78, 5) is 0. The second-order valence-corrected chi connectivity index (χ2v) is 2.15. The summed E-state index contributed by atoms with van der Waals surface area (Å²) in [5.41, 5.74) is 0. The van der Waals surface area contributed by atoms with Gasteiger partial charge in [0.25, 0.3) is 0 Å². The Bertz CT molecular complexity index is 145. The Balaban J connectivity index is 4.78. The minimum atomic E-state index is -5.70. The summed E-state index contributed by atoms with van der Waals surface area (Å²) in [6.45, 7) is 0. The third kappa shape index (κ3) is 3.37. The van der Waals surface area contributed by atoms with Gasteiger partial charge in [-0.3, -0.25) is 0 Å². The zero-order valence-corrected chi connectivity index (χ0v) is 6.21. The molecule has 0 amide bonds. The number of halogens is 7. The molecular weight excluding hydrogens is 209 g/mol. The molecule has 0 aromatic carbocycles. The molecule has 0 spiro atoms. The fraction of sp³-hybridized carbons (Fsp3) is 1.00. The zero-order chi connectivity index (χ0) is 10.9. The second-order valence-electron chi connectivity index (χ2n) is 2.15. The van der Waals surface area contributed by atoms with Gasteiger partial charge in [-0.1, -0.05) is 0 Å². The molecule has 0 aliphatic heterocycles. The third-order valence-corrected chi connectivity index (χ3v) is 1.19. The van der Waals surface area contributed by atoms with Gasteiger partial charge < -0.3 is 4.74 Å². The smallest absolute Gasteiger partial charge is 0.351 e. The lowest BCUT2D eigenvalue weighted by Crippen LogP contribution is -2.43. The lowest BCUT2D eigenvalue weighted by molar-refractivity contribution is -0.324. The van der Waals surface area contributed by atoms with Gasteiger partial charge in [-0.2, -0.15) is 26.3 Å². The molecule has 0 heterocycles. The highest BCUT2D eigenvalue weighted by Crippen LogP contribution is 2.42. The molecular formula is C5H5F7O. The quantitative estimate of drug-likeness (QED) is 0.642. The van der Waals surface area contributed by atoms with Crippen LogP contribution in [0.15, 0.2) is 0 Å². The van der Waals surface area contributed by atoms with Gasteiger partial charge in [0, 0.05) is 7.11 Å². The molecule has 0 fully saturated rings. The van der Waals surface area contributed by atoms with Crippen LogP contribution in [0.25, 0.3) is 0 Å². The number of methoxy groups -OCH3 is 1. The van der Waals surface area contributed by atoms with Crippen LogP contribution >= 0.6 is 0 Å². The van der Waals surface area contributed by atoms with Gasteiger partial charge in [0.05, 0.1) is 0 Å². The maximum atomic E-state index is 12.1. The monoisotopic (exact) mass is 214 g/mol. The van der Waals surface area contributed by atoms with E-state index in [1.807, 2.05) is 0 Å². The number of rotatable bonds is 2. The van der Waals surface area contributed by atoms with Crippen LogP contribution in [0.2, 0.25) is 0 Å². The van der Waals surface area contributed by atoms with E-state index in [1.54, 1.807) is 0 Å². The summed E-state index contributed by atoms with van der Waals surface area (Å²) in [7, 11) is 0.426. The summed E-state index contributed by atoms with van der Waals surface area (Å²) < 4.78 is 85.2. The fourth-order valence-electron chi connectivity index (χ4n) is 0.619. The predicted molar refractivity (Wildman–Crippen MR) is 27.5 cm³/mol. The molecule has 0 rings (SSSR count). The first-order valence-electron chi connectivity index (χ1n) is 2.91. The predicted octanol–water partition coefficient (Wildman–Crippen LogP) is 2.67. The molecule has 0 saturated carbocycles. The van der Waals surface area contributed by atoms with E-state index in [-0.39, 0.29) is 0 Å². The summed E-state index contributed by atoms with van der Waals surface area (Å²) in [5, 5.41) is 0. The minimum absolute atomic E-state index is 0.426. The van der Waals surface area contributed by atoms with Gasteiger partial charge in [-0.15, -0.1) is 0 Å². The van der Waals surface area contributed by atoms with Gasteiger partial charge in [-0.05, 0) is 0 Å². The minimum Gasteiger partial charge on any atom is -0.351 e. The van der Waals surface area contributed by atoms with Crippen molar-refractivity contribution in [1.82, 2.24) is 0 Å². The van der Waals surface area contributed by atoms with Crippen LogP contribution < -0.4 is 0 Å². The van der Waals surface area contributed by atoms with Gasteiger partial charge in [0.15, 0.2) is 0 Å². The van der Waals surface area contributed by atoms with Crippen LogP contribution in [-0.2, 0) is 4.74 Å². The molecule has 0 N–H and O–H groups in total. The van der Waals surface area contributed by atoms with E-state index in [2.05, 4.69) is 4.74 Å². The summed E-state index contributed by atoms with van der Waals surface area (Å²) in [6.07, 6.45) is -14.8. The molecule has 0 aliphatic rings. The molecule has 8 heteroatoms. The van der Waals surface area contributed by atoms with Gasteiger partial charge in [-0.25, -0.2) is 4.39 Å². The Morgan fingerprint density at radius 3 is 1.31 bits per heavy atom. The highest BCUT2D eigenvalue weighted by molar-refractivity contribution is 4.77. The molecule has 0 bridgehead atoms. The molecule has 13 heavy (non-hydrogen) atoms. The molecule has 0 aromatic heterocycles. The number of hydrogen-bond acceptors (Lipinski definition) is 1. The van der Waals surface area contributed by atoms with Crippen molar-refractivity contribution in [1.29, 1.82) is 0 Å².